The standard InChI is InChI=1S/C26H27ClO4/c1-31-25-18(5-6-23(28)29)10-19(27)11-21(25)20-3-2-4-22(24(20)30)26-12-15-7-16(13-26)9-17(8-15)14-26/h2-6,10-11,15-17,30H,7-9,12-14H2,1H3,(H,28,29). The molecular weight excluding hydrogens is 412 g/mol. The quantitative estimate of drug-likeness (QED) is 0.538. The van der Waals surface area contributed by atoms with E-state index in [1.807, 2.05) is 12.1 Å². The van der Waals surface area contributed by atoms with E-state index < -0.39 is 5.97 Å². The molecule has 0 heterocycles. The smallest absolute Gasteiger partial charge is 0.328 e. The molecule has 162 valence electrons. The van der Waals surface area contributed by atoms with Crippen LogP contribution in [0.15, 0.2) is 36.4 Å². The average Bonchev–Trinajstić information content (AvgIpc) is 2.71. The first-order valence-corrected chi connectivity index (χ1v) is 11.4. The number of benzene rings is 2. The van der Waals surface area contributed by atoms with Gasteiger partial charge in [0, 0.05) is 33.4 Å². The molecule has 4 bridgehead atoms. The molecule has 0 radical (unpaired) electrons. The molecule has 4 saturated carbocycles. The molecule has 2 aromatic carbocycles. The van der Waals surface area contributed by atoms with Gasteiger partial charge in [-0.15, -0.1) is 0 Å². The van der Waals surface area contributed by atoms with Gasteiger partial charge in [-0.1, -0.05) is 29.8 Å². The third-order valence-corrected chi connectivity index (χ3v) is 7.85. The average molecular weight is 439 g/mol. The number of para-hydroxylation sites is 1. The Kier molecular flexibility index (Phi) is 5.01. The highest BCUT2D eigenvalue weighted by Gasteiger charge is 2.52. The zero-order valence-corrected chi connectivity index (χ0v) is 18.4. The number of aromatic hydroxyl groups is 1. The molecule has 0 atom stereocenters. The van der Waals surface area contributed by atoms with Gasteiger partial charge in [-0.05, 0) is 79.9 Å². The number of rotatable bonds is 5. The molecule has 4 nitrogen and oxygen atoms in total. The number of aliphatic carboxylic acids is 1. The van der Waals surface area contributed by atoms with Crippen molar-refractivity contribution in [2.24, 2.45) is 17.8 Å². The molecule has 4 aliphatic rings. The molecule has 0 aliphatic heterocycles. The van der Waals surface area contributed by atoms with Crippen LogP contribution in [-0.2, 0) is 10.2 Å². The van der Waals surface area contributed by atoms with Gasteiger partial charge in [-0.2, -0.15) is 0 Å². The van der Waals surface area contributed by atoms with Crippen LogP contribution in [-0.4, -0.2) is 23.3 Å². The monoisotopic (exact) mass is 438 g/mol. The lowest BCUT2D eigenvalue weighted by Gasteiger charge is -2.57. The van der Waals surface area contributed by atoms with Crippen molar-refractivity contribution in [2.75, 3.05) is 7.11 Å². The second-order valence-corrected chi connectivity index (χ2v) is 10.1. The van der Waals surface area contributed by atoms with Gasteiger partial charge in [0.15, 0.2) is 0 Å². The molecule has 0 aromatic heterocycles. The van der Waals surface area contributed by atoms with Gasteiger partial charge < -0.3 is 14.9 Å². The predicted molar refractivity (Wildman–Crippen MR) is 122 cm³/mol. The van der Waals surface area contributed by atoms with Crippen molar-refractivity contribution in [1.29, 1.82) is 0 Å². The van der Waals surface area contributed by atoms with Crippen molar-refractivity contribution >= 4 is 23.6 Å². The van der Waals surface area contributed by atoms with Gasteiger partial charge in [-0.3, -0.25) is 0 Å². The number of carboxylic acid groups (broad SMARTS) is 1. The van der Waals surface area contributed by atoms with E-state index >= 15 is 0 Å². The molecule has 0 amide bonds. The zero-order chi connectivity index (χ0) is 21.8. The third-order valence-electron chi connectivity index (χ3n) is 7.63. The topological polar surface area (TPSA) is 66.8 Å². The lowest BCUT2D eigenvalue weighted by molar-refractivity contribution is -0.131. The SMILES string of the molecule is COc1c(C=CC(=O)O)cc(Cl)cc1-c1cccc(C23CC4CC(CC(C4)C2)C3)c1O. The predicted octanol–water partition coefficient (Wildman–Crippen LogP) is 6.29. The first kappa shape index (κ1) is 20.4. The fourth-order valence-electron chi connectivity index (χ4n) is 6.96. The number of carboxylic acids is 1. The van der Waals surface area contributed by atoms with E-state index in [1.54, 1.807) is 19.2 Å². The van der Waals surface area contributed by atoms with Gasteiger partial charge in [0.25, 0.3) is 0 Å². The second kappa shape index (κ2) is 7.59. The molecular formula is C26H27ClO4. The summed E-state index contributed by atoms with van der Waals surface area (Å²) >= 11 is 6.37. The summed E-state index contributed by atoms with van der Waals surface area (Å²) in [6.07, 6.45) is 10.1. The van der Waals surface area contributed by atoms with E-state index in [9.17, 15) is 9.90 Å². The summed E-state index contributed by atoms with van der Waals surface area (Å²) in [7, 11) is 1.55. The Bertz CT molecular complexity index is 1040. The number of hydrogen-bond acceptors (Lipinski definition) is 3. The second-order valence-electron chi connectivity index (χ2n) is 9.65. The molecule has 5 heteroatoms. The molecule has 0 saturated heterocycles. The number of halogens is 1. The van der Waals surface area contributed by atoms with Crippen LogP contribution >= 0.6 is 11.6 Å². The molecule has 0 unspecified atom stereocenters. The Morgan fingerprint density at radius 3 is 2.32 bits per heavy atom. The first-order chi connectivity index (χ1) is 14.9. The number of ether oxygens (including phenoxy) is 1. The summed E-state index contributed by atoms with van der Waals surface area (Å²) in [6.45, 7) is 0. The van der Waals surface area contributed by atoms with Gasteiger partial charge in [-0.25, -0.2) is 4.79 Å². The number of methoxy groups -OCH3 is 1. The molecule has 31 heavy (non-hydrogen) atoms. The van der Waals surface area contributed by atoms with Gasteiger partial charge in [0.2, 0.25) is 0 Å². The highest BCUT2D eigenvalue weighted by Crippen LogP contribution is 2.62. The molecule has 4 fully saturated rings. The lowest BCUT2D eigenvalue weighted by atomic mass is 9.48. The highest BCUT2D eigenvalue weighted by molar-refractivity contribution is 6.31. The first-order valence-electron chi connectivity index (χ1n) is 11.0. The van der Waals surface area contributed by atoms with Crippen molar-refractivity contribution < 1.29 is 19.7 Å². The van der Waals surface area contributed by atoms with E-state index in [0.29, 0.717) is 33.2 Å². The van der Waals surface area contributed by atoms with Crippen LogP contribution in [0.1, 0.15) is 49.7 Å². The van der Waals surface area contributed by atoms with Crippen molar-refractivity contribution in [3.8, 4) is 22.6 Å². The van der Waals surface area contributed by atoms with Crippen LogP contribution in [0.5, 0.6) is 11.5 Å². The Morgan fingerprint density at radius 2 is 1.74 bits per heavy atom. The van der Waals surface area contributed by atoms with Crippen LogP contribution in [0, 0.1) is 17.8 Å². The third kappa shape index (κ3) is 3.51. The summed E-state index contributed by atoms with van der Waals surface area (Å²) in [5, 5.41) is 21.0. The maximum absolute atomic E-state index is 11.5. The van der Waals surface area contributed by atoms with E-state index in [2.05, 4.69) is 6.07 Å². The van der Waals surface area contributed by atoms with Crippen molar-refractivity contribution in [2.45, 2.75) is 43.9 Å². The van der Waals surface area contributed by atoms with Crippen LogP contribution in [0.2, 0.25) is 5.02 Å². The van der Waals surface area contributed by atoms with Crippen molar-refractivity contribution in [1.82, 2.24) is 0 Å². The molecule has 6 rings (SSSR count). The molecule has 2 N–H and O–H groups in total. The molecule has 4 aliphatic carbocycles. The van der Waals surface area contributed by atoms with Crippen LogP contribution < -0.4 is 4.74 Å². The van der Waals surface area contributed by atoms with Gasteiger partial charge in [0.1, 0.15) is 11.5 Å². The summed E-state index contributed by atoms with van der Waals surface area (Å²) in [5.74, 6) is 2.10. The summed E-state index contributed by atoms with van der Waals surface area (Å²) in [6, 6.07) is 9.43. The maximum atomic E-state index is 11.5. The summed E-state index contributed by atoms with van der Waals surface area (Å²) in [4.78, 5) is 11.0. The van der Waals surface area contributed by atoms with Crippen molar-refractivity contribution in [3.05, 3.63) is 52.6 Å². The Morgan fingerprint density at radius 1 is 1.10 bits per heavy atom. The Hall–Kier alpha value is -2.46. The minimum Gasteiger partial charge on any atom is -0.507 e. The van der Waals surface area contributed by atoms with Crippen LogP contribution in [0.4, 0.5) is 0 Å². The fraction of sp³-hybridized carbons (Fsp3) is 0.423. The van der Waals surface area contributed by atoms with E-state index in [4.69, 9.17) is 21.4 Å². The van der Waals surface area contributed by atoms with Crippen LogP contribution in [0.3, 0.4) is 0 Å². The van der Waals surface area contributed by atoms with E-state index in [1.165, 1.54) is 25.3 Å². The zero-order valence-electron chi connectivity index (χ0n) is 17.6. The Labute approximate surface area is 187 Å². The number of phenols is 1. The highest BCUT2D eigenvalue weighted by atomic mass is 35.5. The number of hydrogen-bond donors (Lipinski definition) is 2. The normalized spacial score (nSPS) is 28.9. The lowest BCUT2D eigenvalue weighted by Crippen LogP contribution is -2.48. The Balaban J connectivity index is 1.63. The summed E-state index contributed by atoms with van der Waals surface area (Å²) in [5.41, 5.74) is 3.02. The largest absolute Gasteiger partial charge is 0.507 e. The molecule has 0 spiro atoms. The minimum absolute atomic E-state index is 0.0622. The summed E-state index contributed by atoms with van der Waals surface area (Å²) < 4.78 is 5.65. The van der Waals surface area contributed by atoms with Gasteiger partial charge >= 0.3 is 5.97 Å². The minimum atomic E-state index is -1.05. The van der Waals surface area contributed by atoms with Crippen molar-refractivity contribution in [3.63, 3.8) is 0 Å². The fourth-order valence-corrected chi connectivity index (χ4v) is 7.18. The van der Waals surface area contributed by atoms with Crippen LogP contribution in [0.25, 0.3) is 17.2 Å². The van der Waals surface area contributed by atoms with Gasteiger partial charge in [0.05, 0.1) is 7.11 Å². The number of carbonyl (C=O) groups is 1. The number of phenolic OH excluding ortho intramolecular Hbond substituents is 1. The van der Waals surface area contributed by atoms with E-state index in [0.717, 1.165) is 48.7 Å². The van der Waals surface area contributed by atoms with E-state index in [-0.39, 0.29) is 5.41 Å². The molecule has 2 aromatic rings. The maximum Gasteiger partial charge on any atom is 0.328 e.